The van der Waals surface area contributed by atoms with Crippen molar-refractivity contribution in [1.29, 1.82) is 5.26 Å². The third-order valence-corrected chi connectivity index (χ3v) is 2.89. The molecular formula is C13H15N3O3. The normalized spacial score (nSPS) is 13.1. The lowest BCUT2D eigenvalue weighted by molar-refractivity contribution is -0.140. The molecular weight excluding hydrogens is 246 g/mol. The molecule has 1 amide bonds. The molecule has 0 aliphatic heterocycles. The molecule has 0 aromatic carbocycles. The van der Waals surface area contributed by atoms with Gasteiger partial charge in [0.05, 0.1) is 5.56 Å². The Bertz CT molecular complexity index is 505. The predicted molar refractivity (Wildman–Crippen MR) is 67.3 cm³/mol. The summed E-state index contributed by atoms with van der Waals surface area (Å²) in [6.45, 7) is 3.61. The van der Waals surface area contributed by atoms with E-state index >= 15 is 0 Å². The molecule has 19 heavy (non-hydrogen) atoms. The van der Waals surface area contributed by atoms with Crippen molar-refractivity contribution < 1.29 is 14.7 Å². The van der Waals surface area contributed by atoms with E-state index in [4.69, 9.17) is 10.4 Å². The van der Waals surface area contributed by atoms with Crippen LogP contribution in [0.3, 0.4) is 0 Å². The molecule has 1 unspecified atom stereocenters. The number of pyridine rings is 1. The first-order valence-corrected chi connectivity index (χ1v) is 5.89. The zero-order valence-corrected chi connectivity index (χ0v) is 10.8. The zero-order chi connectivity index (χ0) is 14.4. The third kappa shape index (κ3) is 3.78. The van der Waals surface area contributed by atoms with Crippen molar-refractivity contribution in [2.45, 2.75) is 26.3 Å². The van der Waals surface area contributed by atoms with E-state index in [1.807, 2.05) is 13.0 Å². The van der Waals surface area contributed by atoms with Crippen LogP contribution in [0.15, 0.2) is 18.3 Å². The van der Waals surface area contributed by atoms with Crippen molar-refractivity contribution in [3.05, 3.63) is 29.6 Å². The summed E-state index contributed by atoms with van der Waals surface area (Å²) in [4.78, 5) is 26.8. The van der Waals surface area contributed by atoms with Gasteiger partial charge in [0, 0.05) is 6.20 Å². The summed E-state index contributed by atoms with van der Waals surface area (Å²) >= 11 is 0. The molecule has 6 nitrogen and oxygen atoms in total. The molecule has 0 aliphatic rings. The van der Waals surface area contributed by atoms with E-state index < -0.39 is 17.9 Å². The molecule has 1 rings (SSSR count). The highest BCUT2D eigenvalue weighted by atomic mass is 16.4. The minimum absolute atomic E-state index is 0.0913. The quantitative estimate of drug-likeness (QED) is 0.828. The van der Waals surface area contributed by atoms with Crippen molar-refractivity contribution in [3.8, 4) is 6.07 Å². The zero-order valence-electron chi connectivity index (χ0n) is 10.8. The molecule has 0 radical (unpaired) electrons. The fourth-order valence-corrected chi connectivity index (χ4v) is 1.49. The molecule has 2 N–H and O–H groups in total. The number of rotatable bonds is 5. The van der Waals surface area contributed by atoms with E-state index in [9.17, 15) is 9.59 Å². The van der Waals surface area contributed by atoms with Crippen molar-refractivity contribution >= 4 is 11.9 Å². The highest BCUT2D eigenvalue weighted by molar-refractivity contribution is 5.95. The van der Waals surface area contributed by atoms with Crippen LogP contribution in [0.25, 0.3) is 0 Å². The number of amides is 1. The lowest BCUT2D eigenvalue weighted by atomic mass is 9.99. The molecule has 0 saturated carbocycles. The van der Waals surface area contributed by atoms with Gasteiger partial charge in [-0.05, 0) is 18.1 Å². The topological polar surface area (TPSA) is 103 Å². The molecule has 1 heterocycles. The highest BCUT2D eigenvalue weighted by Gasteiger charge is 2.26. The minimum Gasteiger partial charge on any atom is -0.480 e. The lowest BCUT2D eigenvalue weighted by Gasteiger charge is -2.19. The fraction of sp³-hybridized carbons (Fsp3) is 0.385. The maximum atomic E-state index is 11.9. The van der Waals surface area contributed by atoms with Gasteiger partial charge in [-0.3, -0.25) is 4.79 Å². The van der Waals surface area contributed by atoms with Crippen LogP contribution in [0.4, 0.5) is 0 Å². The van der Waals surface area contributed by atoms with Crippen LogP contribution in [0, 0.1) is 17.2 Å². The van der Waals surface area contributed by atoms with Gasteiger partial charge in [0.1, 0.15) is 17.8 Å². The van der Waals surface area contributed by atoms with Gasteiger partial charge >= 0.3 is 5.97 Å². The predicted octanol–water partition coefficient (Wildman–Crippen LogP) is 1.18. The summed E-state index contributed by atoms with van der Waals surface area (Å²) < 4.78 is 0. The lowest BCUT2D eigenvalue weighted by Crippen LogP contribution is -2.45. The largest absolute Gasteiger partial charge is 0.480 e. The molecule has 1 aromatic heterocycles. The SMILES string of the molecule is CCC(C)[C@H](NC(=O)c1ccc(C#N)cn1)C(=O)O. The number of aromatic nitrogens is 1. The Hall–Kier alpha value is -2.42. The number of nitrogens with zero attached hydrogens (tertiary/aromatic N) is 2. The Kier molecular flexibility index (Phi) is 5.01. The minimum atomic E-state index is -1.07. The maximum absolute atomic E-state index is 11.9. The molecule has 0 spiro atoms. The van der Waals surface area contributed by atoms with Crippen molar-refractivity contribution in [2.75, 3.05) is 0 Å². The fourth-order valence-electron chi connectivity index (χ4n) is 1.49. The second-order valence-corrected chi connectivity index (χ2v) is 4.22. The number of aliphatic carboxylic acids is 1. The summed E-state index contributed by atoms with van der Waals surface area (Å²) in [6.07, 6.45) is 1.91. The van der Waals surface area contributed by atoms with E-state index in [-0.39, 0.29) is 11.6 Å². The van der Waals surface area contributed by atoms with Crippen molar-refractivity contribution in [3.63, 3.8) is 0 Å². The number of carboxylic acids is 1. The average molecular weight is 261 g/mol. The second kappa shape index (κ2) is 6.50. The highest BCUT2D eigenvalue weighted by Crippen LogP contribution is 2.09. The monoisotopic (exact) mass is 261 g/mol. The van der Waals surface area contributed by atoms with Crippen LogP contribution in [0.1, 0.15) is 36.3 Å². The summed E-state index contributed by atoms with van der Waals surface area (Å²) in [5.74, 6) is -1.81. The standard InChI is InChI=1S/C13H15N3O3/c1-3-8(2)11(13(18)19)16-12(17)10-5-4-9(6-14)7-15-10/h4-5,7-8,11H,3H2,1-2H3,(H,16,17)(H,18,19)/t8?,11-/m0/s1. The first-order chi connectivity index (χ1) is 8.99. The van der Waals surface area contributed by atoms with Crippen LogP contribution in [-0.4, -0.2) is 28.0 Å². The van der Waals surface area contributed by atoms with E-state index in [1.54, 1.807) is 6.92 Å². The molecule has 6 heteroatoms. The van der Waals surface area contributed by atoms with Gasteiger partial charge in [-0.25, -0.2) is 9.78 Å². The third-order valence-electron chi connectivity index (χ3n) is 2.89. The van der Waals surface area contributed by atoms with Crippen molar-refractivity contribution in [1.82, 2.24) is 10.3 Å². The molecule has 0 saturated heterocycles. The van der Waals surface area contributed by atoms with Crippen LogP contribution >= 0.6 is 0 Å². The van der Waals surface area contributed by atoms with E-state index in [2.05, 4.69) is 10.3 Å². The summed E-state index contributed by atoms with van der Waals surface area (Å²) in [7, 11) is 0. The van der Waals surface area contributed by atoms with Gasteiger partial charge in [-0.1, -0.05) is 20.3 Å². The first-order valence-electron chi connectivity index (χ1n) is 5.89. The summed E-state index contributed by atoms with van der Waals surface area (Å²) in [5.41, 5.74) is 0.432. The number of hydrogen-bond donors (Lipinski definition) is 2. The Morgan fingerprint density at radius 1 is 1.53 bits per heavy atom. The summed E-state index contributed by atoms with van der Waals surface area (Å²) in [5, 5.41) is 20.1. The number of hydrogen-bond acceptors (Lipinski definition) is 4. The Morgan fingerprint density at radius 2 is 2.21 bits per heavy atom. The molecule has 2 atom stereocenters. The number of nitrogens with one attached hydrogen (secondary N) is 1. The van der Waals surface area contributed by atoms with Gasteiger partial charge in [0.15, 0.2) is 0 Å². The first kappa shape index (κ1) is 14.6. The van der Waals surface area contributed by atoms with Crippen LogP contribution in [0.2, 0.25) is 0 Å². The number of carbonyl (C=O) groups is 2. The molecule has 0 bridgehead atoms. The van der Waals surface area contributed by atoms with Gasteiger partial charge in [0.25, 0.3) is 5.91 Å². The Morgan fingerprint density at radius 3 is 2.63 bits per heavy atom. The van der Waals surface area contributed by atoms with E-state index in [0.717, 1.165) is 0 Å². The molecule has 100 valence electrons. The van der Waals surface area contributed by atoms with Gasteiger partial charge in [0.2, 0.25) is 0 Å². The number of carbonyl (C=O) groups excluding carboxylic acids is 1. The second-order valence-electron chi connectivity index (χ2n) is 4.22. The maximum Gasteiger partial charge on any atom is 0.326 e. The average Bonchev–Trinajstić information content (AvgIpc) is 2.43. The molecule has 1 aromatic rings. The summed E-state index contributed by atoms with van der Waals surface area (Å²) in [6, 6.07) is 3.79. The van der Waals surface area contributed by atoms with Gasteiger partial charge in [-0.15, -0.1) is 0 Å². The number of carboxylic acid groups (broad SMARTS) is 1. The van der Waals surface area contributed by atoms with Gasteiger partial charge in [-0.2, -0.15) is 5.26 Å². The van der Waals surface area contributed by atoms with E-state index in [0.29, 0.717) is 12.0 Å². The van der Waals surface area contributed by atoms with E-state index in [1.165, 1.54) is 18.3 Å². The van der Waals surface area contributed by atoms with Crippen LogP contribution < -0.4 is 5.32 Å². The van der Waals surface area contributed by atoms with Crippen LogP contribution in [0.5, 0.6) is 0 Å². The number of nitriles is 1. The Labute approximate surface area is 111 Å². The molecule has 0 aliphatic carbocycles. The van der Waals surface area contributed by atoms with Crippen molar-refractivity contribution in [2.24, 2.45) is 5.92 Å². The smallest absolute Gasteiger partial charge is 0.326 e. The van der Waals surface area contributed by atoms with Crippen LogP contribution in [-0.2, 0) is 4.79 Å². The molecule has 0 fully saturated rings. The van der Waals surface area contributed by atoms with Gasteiger partial charge < -0.3 is 10.4 Å². The Balaban J connectivity index is 2.82.